The number of ether oxygens (including phenoxy) is 3. The summed E-state index contributed by atoms with van der Waals surface area (Å²) in [5.41, 5.74) is -3.65. The summed E-state index contributed by atoms with van der Waals surface area (Å²) in [5, 5.41) is 65.9. The summed E-state index contributed by atoms with van der Waals surface area (Å²) in [5.74, 6) is -5.11. The Morgan fingerprint density at radius 1 is 1.17 bits per heavy atom. The first-order valence-electron chi connectivity index (χ1n) is 14.1. The molecule has 1 heterocycles. The van der Waals surface area contributed by atoms with Crippen LogP contribution in [0.4, 0.5) is 0 Å². The Kier molecular flexibility index (Phi) is 10.3. The van der Waals surface area contributed by atoms with Crippen LogP contribution in [-0.2, 0) is 25.5 Å². The number of fused-ring (bicyclic) bond motifs is 3. The van der Waals surface area contributed by atoms with Gasteiger partial charge in [0.1, 0.15) is 22.8 Å². The van der Waals surface area contributed by atoms with E-state index in [1.54, 1.807) is 0 Å². The van der Waals surface area contributed by atoms with Crippen molar-refractivity contribution in [1.82, 2.24) is 4.90 Å². The second kappa shape index (κ2) is 13.4. The molecule has 2 aromatic rings. The maximum Gasteiger partial charge on any atom is 1.00 e. The van der Waals surface area contributed by atoms with E-state index >= 15 is 0 Å². The molecule has 46 heavy (non-hydrogen) atoms. The van der Waals surface area contributed by atoms with Crippen LogP contribution in [0.2, 0.25) is 0 Å². The number of carbonyl (C=O) groups excluding carboxylic acids is 4. The fraction of sp³-hybridized carbons (Fsp3) is 0.452. The van der Waals surface area contributed by atoms with Crippen molar-refractivity contribution in [3.05, 3.63) is 51.6 Å². The van der Waals surface area contributed by atoms with E-state index in [-0.39, 0.29) is 70.5 Å². The van der Waals surface area contributed by atoms with Crippen molar-refractivity contribution in [2.75, 3.05) is 20.2 Å². The molecule has 0 saturated carbocycles. The Labute approximate surface area is 285 Å². The van der Waals surface area contributed by atoms with Gasteiger partial charge in [0.2, 0.25) is 5.78 Å². The zero-order chi connectivity index (χ0) is 33.0. The zero-order valence-electron chi connectivity index (χ0n) is 25.6. The van der Waals surface area contributed by atoms with E-state index in [4.69, 9.17) is 14.2 Å². The van der Waals surface area contributed by atoms with Crippen LogP contribution in [0.3, 0.4) is 0 Å². The van der Waals surface area contributed by atoms with Gasteiger partial charge in [0.05, 0.1) is 60.7 Å². The molecule has 0 bridgehead atoms. The number of carbonyl (C=O) groups is 4. The second-order valence-electron chi connectivity index (χ2n) is 11.5. The molecule has 6 atom stereocenters. The van der Waals surface area contributed by atoms with Crippen LogP contribution in [-0.4, -0.2) is 99.0 Å². The van der Waals surface area contributed by atoms with Gasteiger partial charge in [-0.1, -0.05) is 12.1 Å². The summed E-state index contributed by atoms with van der Waals surface area (Å²) in [6.07, 6.45) is -6.00. The number of aliphatic hydroxyl groups is 2. The number of rotatable bonds is 8. The van der Waals surface area contributed by atoms with Crippen LogP contribution < -0.4 is 39.4 Å². The minimum absolute atomic E-state index is 0. The number of phenols is 2. The quantitative estimate of drug-likeness (QED) is 0.107. The molecule has 0 radical (unpaired) electrons. The smallest absolute Gasteiger partial charge is 0.549 e. The molecule has 14 nitrogen and oxygen atoms in total. The van der Waals surface area contributed by atoms with Crippen molar-refractivity contribution in [2.24, 2.45) is 0 Å². The van der Waals surface area contributed by atoms with Gasteiger partial charge in [0.15, 0.2) is 17.9 Å². The predicted octanol–water partition coefficient (Wildman–Crippen LogP) is -3.35. The zero-order valence-corrected chi connectivity index (χ0v) is 27.6. The van der Waals surface area contributed by atoms with Gasteiger partial charge in [0, 0.05) is 48.5 Å². The van der Waals surface area contributed by atoms with Gasteiger partial charge in [-0.15, -0.1) is 0 Å². The van der Waals surface area contributed by atoms with Gasteiger partial charge in [-0.3, -0.25) is 19.3 Å². The van der Waals surface area contributed by atoms with E-state index in [1.807, 2.05) is 6.07 Å². The molecule has 0 spiro atoms. The van der Waals surface area contributed by atoms with Gasteiger partial charge in [-0.2, -0.15) is 5.26 Å². The summed E-state index contributed by atoms with van der Waals surface area (Å²) in [7, 11) is 1.31. The van der Waals surface area contributed by atoms with Crippen molar-refractivity contribution < 1.29 is 88.5 Å². The van der Waals surface area contributed by atoms with Gasteiger partial charge >= 0.3 is 29.6 Å². The van der Waals surface area contributed by atoms with E-state index in [2.05, 4.69) is 0 Å². The van der Waals surface area contributed by atoms with Crippen LogP contribution >= 0.6 is 0 Å². The Morgan fingerprint density at radius 3 is 2.46 bits per heavy atom. The molecule has 1 fully saturated rings. The molecule has 4 unspecified atom stereocenters. The molecule has 2 aromatic carbocycles. The first-order chi connectivity index (χ1) is 21.2. The minimum atomic E-state index is -2.13. The van der Waals surface area contributed by atoms with Gasteiger partial charge in [-0.25, -0.2) is 0 Å². The summed E-state index contributed by atoms with van der Waals surface area (Å²) in [4.78, 5) is 52.6. The van der Waals surface area contributed by atoms with Crippen LogP contribution in [0, 0.1) is 11.3 Å². The number of nitriles is 1. The van der Waals surface area contributed by atoms with E-state index in [9.17, 15) is 50.0 Å². The molecule has 4 N–H and O–H groups in total. The van der Waals surface area contributed by atoms with E-state index in [1.165, 1.54) is 37.1 Å². The van der Waals surface area contributed by atoms with Crippen LogP contribution in [0.15, 0.2) is 18.2 Å². The summed E-state index contributed by atoms with van der Waals surface area (Å²) in [6, 6.07) is 5.21. The van der Waals surface area contributed by atoms with Gasteiger partial charge in [0.25, 0.3) is 0 Å². The minimum Gasteiger partial charge on any atom is -0.549 e. The maximum atomic E-state index is 13.8. The van der Waals surface area contributed by atoms with E-state index in [0.717, 1.165) is 6.92 Å². The molecule has 15 heteroatoms. The number of aliphatic hydroxyl groups excluding tert-OH is 1. The predicted molar refractivity (Wildman–Crippen MR) is 148 cm³/mol. The molecular formula is C31H31N2NaO12. The largest absolute Gasteiger partial charge is 1.00 e. The van der Waals surface area contributed by atoms with Crippen molar-refractivity contribution >= 4 is 23.3 Å². The van der Waals surface area contributed by atoms with Crippen molar-refractivity contribution in [1.29, 1.82) is 5.26 Å². The summed E-state index contributed by atoms with van der Waals surface area (Å²) < 4.78 is 17.3. The number of hydrogen-bond donors (Lipinski definition) is 4. The number of Topliss-reactive ketones (excluding diaryl/α,β-unsaturated/α-hetero) is 1. The molecule has 2 aliphatic carbocycles. The number of aromatic hydroxyl groups is 2. The van der Waals surface area contributed by atoms with Crippen molar-refractivity contribution in [3.8, 4) is 23.3 Å². The topological polar surface area (TPSA) is 227 Å². The van der Waals surface area contributed by atoms with Crippen molar-refractivity contribution in [2.45, 2.75) is 69.4 Å². The van der Waals surface area contributed by atoms with Crippen LogP contribution in [0.5, 0.6) is 17.2 Å². The van der Waals surface area contributed by atoms with Gasteiger partial charge in [-0.05, 0) is 19.9 Å². The fourth-order valence-electron chi connectivity index (χ4n) is 6.51. The molecular weight excluding hydrogens is 615 g/mol. The fourth-order valence-corrected chi connectivity index (χ4v) is 6.51. The first kappa shape index (κ1) is 35.5. The number of benzene rings is 2. The Balaban J connectivity index is 0.00000480. The third kappa shape index (κ3) is 5.94. The molecule has 1 aliphatic heterocycles. The van der Waals surface area contributed by atoms with E-state index < -0.39 is 102 Å². The molecule has 238 valence electrons. The molecule has 3 aliphatic rings. The third-order valence-electron chi connectivity index (χ3n) is 8.80. The number of aliphatic carboxylic acids is 1. The van der Waals surface area contributed by atoms with E-state index in [0.29, 0.717) is 0 Å². The number of nitrogens with zero attached hydrogens (tertiary/aromatic N) is 2. The average Bonchev–Trinajstić information content (AvgIpc) is 2.98. The Hall–Kier alpha value is -3.39. The number of ketones is 3. The number of phenolic OH excluding ortho intramolecular Hbond substituents is 2. The maximum absolute atomic E-state index is 13.8. The Bertz CT molecular complexity index is 1650. The molecule has 0 amide bonds. The van der Waals surface area contributed by atoms with Crippen LogP contribution in [0.25, 0.3) is 0 Å². The Morgan fingerprint density at radius 2 is 1.85 bits per heavy atom. The average molecular weight is 647 g/mol. The second-order valence-corrected chi connectivity index (χ2v) is 11.5. The van der Waals surface area contributed by atoms with Gasteiger partial charge < -0.3 is 44.5 Å². The number of methoxy groups -OCH3 is 1. The number of carboxylic acids is 1. The SMILES string of the molecule is COc1cccc2c1C(=O)c1c(O)c3c(c(O)c1C2=O)C[C@@](O)(C(C)=O)C[C@@H]3OC1CC(N(CC#N)CC(=O)[O-])C(O)C(C)O1.[Na+]. The number of hydrogen-bond acceptors (Lipinski definition) is 14. The van der Waals surface area contributed by atoms with Crippen molar-refractivity contribution in [3.63, 3.8) is 0 Å². The summed E-state index contributed by atoms with van der Waals surface area (Å²) in [6.45, 7) is 1.58. The van der Waals surface area contributed by atoms with Crippen LogP contribution in [0.1, 0.15) is 75.8 Å². The third-order valence-corrected chi connectivity index (χ3v) is 8.80. The first-order valence-corrected chi connectivity index (χ1v) is 14.1. The normalized spacial score (nSPS) is 26.7. The monoisotopic (exact) mass is 646 g/mol. The molecule has 5 rings (SSSR count). The molecule has 0 aromatic heterocycles. The number of carboxylic acid groups (broad SMARTS) is 1. The molecule has 1 saturated heterocycles. The summed E-state index contributed by atoms with van der Waals surface area (Å²) >= 11 is 0. The standard InChI is InChI=1S/C31H32N2O12.Na/c1-13-26(37)17(33(8-7-32)12-20(35)36)9-21(44-13)45-19-11-31(42,14(2)34)10-16-23(19)30(41)25-24(28(16)39)27(38)15-5-4-6-18(43-3)22(15)29(25)40;/h4-6,13,17,19,21,26,37,39,41-42H,8-12H2,1-3H3,(H,35,36);/q;+1/p-1/t13?,17?,19-,21?,26?,31-;/m0./s1.